The number of hydrogen-bond donors (Lipinski definition) is 0. The summed E-state index contributed by atoms with van der Waals surface area (Å²) in [6.07, 6.45) is 2.04. The Morgan fingerprint density at radius 2 is 1.79 bits per heavy atom. The number of benzene rings is 1. The van der Waals surface area contributed by atoms with E-state index >= 15 is 0 Å². The van der Waals surface area contributed by atoms with Crippen LogP contribution in [0.1, 0.15) is 17.2 Å². The van der Waals surface area contributed by atoms with E-state index in [2.05, 4.69) is 21.7 Å². The monoisotopic (exact) mass is 252 g/mol. The Labute approximate surface area is 112 Å². The molecule has 0 amide bonds. The van der Waals surface area contributed by atoms with Crippen molar-refractivity contribution in [1.82, 2.24) is 9.55 Å². The fraction of sp³-hybridized carbons (Fsp3) is 0.188. The molecule has 0 spiro atoms. The maximum Gasteiger partial charge on any atom is 0.144 e. The summed E-state index contributed by atoms with van der Waals surface area (Å²) < 4.78 is 7.71. The van der Waals surface area contributed by atoms with Crippen molar-refractivity contribution >= 4 is 0 Å². The van der Waals surface area contributed by atoms with Gasteiger partial charge in [-0.3, -0.25) is 4.57 Å². The first kappa shape index (κ1) is 11.8. The largest absolute Gasteiger partial charge is 0.464 e. The molecule has 1 aromatic carbocycles. The van der Waals surface area contributed by atoms with Crippen molar-refractivity contribution in [2.24, 2.45) is 0 Å². The number of hydrogen-bond acceptors (Lipinski definition) is 2. The molecular formula is C16H16N2O. The zero-order chi connectivity index (χ0) is 13.4. The quantitative estimate of drug-likeness (QED) is 0.688. The highest BCUT2D eigenvalue weighted by atomic mass is 16.3. The average Bonchev–Trinajstić information content (AvgIpc) is 2.93. The van der Waals surface area contributed by atoms with Gasteiger partial charge in [-0.25, -0.2) is 4.98 Å². The van der Waals surface area contributed by atoms with Crippen molar-refractivity contribution in [3.05, 3.63) is 59.8 Å². The molecule has 3 heteroatoms. The van der Waals surface area contributed by atoms with Gasteiger partial charge in [-0.1, -0.05) is 30.3 Å². The van der Waals surface area contributed by atoms with Crippen LogP contribution in [0.15, 0.2) is 47.0 Å². The zero-order valence-electron chi connectivity index (χ0n) is 11.3. The number of nitrogens with zero attached hydrogens (tertiary/aromatic N) is 2. The van der Waals surface area contributed by atoms with E-state index in [1.165, 1.54) is 0 Å². The predicted molar refractivity (Wildman–Crippen MR) is 75.5 cm³/mol. The molecule has 0 radical (unpaired) electrons. The summed E-state index contributed by atoms with van der Waals surface area (Å²) in [6, 6.07) is 12.2. The van der Waals surface area contributed by atoms with Crippen LogP contribution < -0.4 is 0 Å². The second kappa shape index (κ2) is 4.43. The van der Waals surface area contributed by atoms with Gasteiger partial charge in [-0.15, -0.1) is 0 Å². The third-order valence-electron chi connectivity index (χ3n) is 3.13. The van der Waals surface area contributed by atoms with E-state index in [1.54, 1.807) is 0 Å². The van der Waals surface area contributed by atoms with Crippen molar-refractivity contribution in [3.63, 3.8) is 0 Å². The Balaban J connectivity index is 2.20. The first-order valence-electron chi connectivity index (χ1n) is 6.34. The molecule has 19 heavy (non-hydrogen) atoms. The third-order valence-corrected chi connectivity index (χ3v) is 3.13. The van der Waals surface area contributed by atoms with Gasteiger partial charge >= 0.3 is 0 Å². The molecule has 0 fully saturated rings. The Bertz CT molecular complexity index is 708. The van der Waals surface area contributed by atoms with Crippen LogP contribution in [0.3, 0.4) is 0 Å². The molecule has 0 saturated heterocycles. The number of rotatable bonds is 2. The Hall–Kier alpha value is -2.29. The van der Waals surface area contributed by atoms with E-state index in [-0.39, 0.29) is 0 Å². The van der Waals surface area contributed by atoms with E-state index in [9.17, 15) is 0 Å². The predicted octanol–water partition coefficient (Wildman–Crippen LogP) is 4.06. The van der Waals surface area contributed by atoms with Gasteiger partial charge in [0, 0.05) is 17.8 Å². The van der Waals surface area contributed by atoms with Gasteiger partial charge < -0.3 is 4.42 Å². The van der Waals surface area contributed by atoms with Crippen molar-refractivity contribution in [2.75, 3.05) is 0 Å². The lowest BCUT2D eigenvalue weighted by molar-refractivity contribution is 0.503. The first-order chi connectivity index (χ1) is 9.15. The summed E-state index contributed by atoms with van der Waals surface area (Å²) in [7, 11) is 0. The van der Waals surface area contributed by atoms with Crippen LogP contribution in [-0.4, -0.2) is 9.55 Å². The lowest BCUT2D eigenvalue weighted by Crippen LogP contribution is -1.96. The number of imidazole rings is 1. The molecule has 0 aliphatic rings. The van der Waals surface area contributed by atoms with Gasteiger partial charge in [0.15, 0.2) is 0 Å². The average molecular weight is 252 g/mol. The minimum atomic E-state index is 0.909. The maximum absolute atomic E-state index is 5.62. The summed E-state index contributed by atoms with van der Waals surface area (Å²) in [5.74, 6) is 2.77. The number of aromatic nitrogens is 2. The van der Waals surface area contributed by atoms with Crippen LogP contribution in [0.2, 0.25) is 0 Å². The van der Waals surface area contributed by atoms with Gasteiger partial charge in [-0.05, 0) is 20.8 Å². The molecule has 0 aliphatic heterocycles. The summed E-state index contributed by atoms with van der Waals surface area (Å²) in [5.41, 5.74) is 3.16. The highest BCUT2D eigenvalue weighted by Crippen LogP contribution is 2.26. The number of furan rings is 1. The maximum atomic E-state index is 5.62. The lowest BCUT2D eigenvalue weighted by atomic mass is 10.2. The van der Waals surface area contributed by atoms with Gasteiger partial charge in [0.05, 0.1) is 11.4 Å². The fourth-order valence-corrected chi connectivity index (χ4v) is 2.33. The summed E-state index contributed by atoms with van der Waals surface area (Å²) in [5, 5.41) is 0. The minimum absolute atomic E-state index is 0.909. The van der Waals surface area contributed by atoms with Crippen LogP contribution in [0.4, 0.5) is 0 Å². The lowest BCUT2D eigenvalue weighted by Gasteiger charge is -2.06. The van der Waals surface area contributed by atoms with Gasteiger partial charge in [0.25, 0.3) is 0 Å². The molecule has 0 saturated carbocycles. The molecule has 2 heterocycles. The molecule has 3 nitrogen and oxygen atoms in total. The SMILES string of the molecule is Cc1cn(-c2cc(C)oc2C)c(-c2ccccc2)n1. The van der Waals surface area contributed by atoms with Crippen LogP contribution in [-0.2, 0) is 0 Å². The van der Waals surface area contributed by atoms with Crippen molar-refractivity contribution in [3.8, 4) is 17.1 Å². The van der Waals surface area contributed by atoms with Gasteiger partial charge in [-0.2, -0.15) is 0 Å². The third kappa shape index (κ3) is 2.08. The van der Waals surface area contributed by atoms with E-state index in [0.29, 0.717) is 0 Å². The molecule has 2 aromatic heterocycles. The normalized spacial score (nSPS) is 10.9. The standard InChI is InChI=1S/C16H16N2O/c1-11-10-18(15-9-12(2)19-13(15)3)16(17-11)14-7-5-4-6-8-14/h4-10H,1-3H3. The van der Waals surface area contributed by atoms with Crippen LogP contribution in [0.5, 0.6) is 0 Å². The molecule has 3 aromatic rings. The minimum Gasteiger partial charge on any atom is -0.464 e. The first-order valence-corrected chi connectivity index (χ1v) is 6.34. The van der Waals surface area contributed by atoms with Gasteiger partial charge in [0.1, 0.15) is 17.3 Å². The molecule has 0 unspecified atom stereocenters. The zero-order valence-corrected chi connectivity index (χ0v) is 11.3. The van der Waals surface area contributed by atoms with Crippen LogP contribution in [0.25, 0.3) is 17.1 Å². The molecule has 0 N–H and O–H groups in total. The second-order valence-corrected chi connectivity index (χ2v) is 4.74. The Kier molecular flexibility index (Phi) is 2.75. The summed E-state index contributed by atoms with van der Waals surface area (Å²) in [4.78, 5) is 4.63. The second-order valence-electron chi connectivity index (χ2n) is 4.74. The van der Waals surface area contributed by atoms with Crippen molar-refractivity contribution in [1.29, 1.82) is 0 Å². The molecule has 0 atom stereocenters. The van der Waals surface area contributed by atoms with E-state index < -0.39 is 0 Å². The summed E-state index contributed by atoms with van der Waals surface area (Å²) in [6.45, 7) is 5.94. The molecule has 0 bridgehead atoms. The van der Waals surface area contributed by atoms with Gasteiger partial charge in [0.2, 0.25) is 0 Å². The summed E-state index contributed by atoms with van der Waals surface area (Å²) >= 11 is 0. The highest BCUT2D eigenvalue weighted by molar-refractivity contribution is 5.59. The molecular weight excluding hydrogens is 236 g/mol. The van der Waals surface area contributed by atoms with E-state index in [1.807, 2.05) is 51.2 Å². The topological polar surface area (TPSA) is 31.0 Å². The fourth-order valence-electron chi connectivity index (χ4n) is 2.33. The number of aryl methyl sites for hydroxylation is 3. The van der Waals surface area contributed by atoms with E-state index in [0.717, 1.165) is 34.3 Å². The Morgan fingerprint density at radius 3 is 2.42 bits per heavy atom. The van der Waals surface area contributed by atoms with Crippen molar-refractivity contribution < 1.29 is 4.42 Å². The molecule has 96 valence electrons. The molecule has 3 rings (SSSR count). The Morgan fingerprint density at radius 1 is 1.05 bits per heavy atom. The highest BCUT2D eigenvalue weighted by Gasteiger charge is 2.13. The van der Waals surface area contributed by atoms with Crippen LogP contribution >= 0.6 is 0 Å². The molecule has 0 aliphatic carbocycles. The smallest absolute Gasteiger partial charge is 0.144 e. The van der Waals surface area contributed by atoms with Crippen LogP contribution in [0, 0.1) is 20.8 Å². The van der Waals surface area contributed by atoms with Crippen molar-refractivity contribution in [2.45, 2.75) is 20.8 Å². The van der Waals surface area contributed by atoms with E-state index in [4.69, 9.17) is 4.42 Å².